The number of benzene rings is 1. The third-order valence-electron chi connectivity index (χ3n) is 3.30. The van der Waals surface area contributed by atoms with Crippen LogP contribution < -0.4 is 0 Å². The summed E-state index contributed by atoms with van der Waals surface area (Å²) in [4.78, 5) is 14.6. The second kappa shape index (κ2) is 5.43. The molecule has 0 radical (unpaired) electrons. The van der Waals surface area contributed by atoms with Crippen LogP contribution in [0.4, 0.5) is 0 Å². The number of nitrogens with zero attached hydrogens (tertiary/aromatic N) is 1. The molecule has 1 aromatic carbocycles. The van der Waals surface area contributed by atoms with Crippen molar-refractivity contribution in [3.63, 3.8) is 0 Å². The van der Waals surface area contributed by atoms with Crippen molar-refractivity contribution in [3.8, 4) is 0 Å². The Morgan fingerprint density at radius 2 is 2.24 bits per heavy atom. The molecule has 1 aliphatic heterocycles. The molecule has 0 amide bonds. The van der Waals surface area contributed by atoms with Gasteiger partial charge in [0.15, 0.2) is 5.78 Å². The van der Waals surface area contributed by atoms with Gasteiger partial charge >= 0.3 is 0 Å². The third-order valence-corrected chi connectivity index (χ3v) is 3.30. The molecular weight excluding hydrogens is 214 g/mol. The van der Waals surface area contributed by atoms with E-state index in [0.29, 0.717) is 13.2 Å². The van der Waals surface area contributed by atoms with Crippen LogP contribution in [0.1, 0.15) is 22.8 Å². The number of hydrogen-bond donors (Lipinski definition) is 0. The minimum absolute atomic E-state index is 0.112. The number of rotatable bonds is 3. The lowest BCUT2D eigenvalue weighted by molar-refractivity contribution is -0.0149. The number of ether oxygens (including phenoxy) is 1. The van der Waals surface area contributed by atoms with Crippen molar-refractivity contribution in [2.24, 2.45) is 0 Å². The quantitative estimate of drug-likeness (QED) is 0.747. The summed E-state index contributed by atoms with van der Waals surface area (Å²) in [6.07, 6.45) is -0.301. The molecule has 1 fully saturated rings. The van der Waals surface area contributed by atoms with E-state index in [9.17, 15) is 4.79 Å². The van der Waals surface area contributed by atoms with E-state index in [1.54, 1.807) is 0 Å². The highest BCUT2D eigenvalue weighted by Gasteiger charge is 2.27. The Bertz CT molecular complexity index is 403. The first kappa shape index (κ1) is 12.3. The molecule has 0 saturated carbocycles. The molecule has 0 spiro atoms. The van der Waals surface area contributed by atoms with Gasteiger partial charge in [-0.3, -0.25) is 9.69 Å². The molecule has 1 heterocycles. The van der Waals surface area contributed by atoms with Crippen molar-refractivity contribution in [1.82, 2.24) is 4.90 Å². The van der Waals surface area contributed by atoms with Gasteiger partial charge < -0.3 is 4.74 Å². The molecule has 3 heteroatoms. The van der Waals surface area contributed by atoms with Gasteiger partial charge in [-0.15, -0.1) is 0 Å². The van der Waals surface area contributed by atoms with Gasteiger partial charge in [-0.2, -0.15) is 0 Å². The van der Waals surface area contributed by atoms with Crippen LogP contribution in [0.3, 0.4) is 0 Å². The van der Waals surface area contributed by atoms with Gasteiger partial charge in [0.05, 0.1) is 6.61 Å². The smallest absolute Gasteiger partial charge is 0.193 e. The predicted molar refractivity (Wildman–Crippen MR) is 67.4 cm³/mol. The van der Waals surface area contributed by atoms with Crippen molar-refractivity contribution in [2.45, 2.75) is 20.0 Å². The van der Waals surface area contributed by atoms with Gasteiger partial charge in [0.25, 0.3) is 0 Å². The second-order valence-electron chi connectivity index (χ2n) is 4.43. The van der Waals surface area contributed by atoms with E-state index >= 15 is 0 Å². The highest BCUT2D eigenvalue weighted by Crippen LogP contribution is 2.14. The predicted octanol–water partition coefficient (Wildman–Crippen LogP) is 1.90. The molecule has 0 N–H and O–H groups in total. The molecule has 92 valence electrons. The lowest BCUT2D eigenvalue weighted by Gasteiger charge is -2.31. The minimum atomic E-state index is -0.301. The first-order valence-electron chi connectivity index (χ1n) is 6.16. The van der Waals surface area contributed by atoms with Gasteiger partial charge in [-0.1, -0.05) is 31.2 Å². The molecule has 1 atom stereocenters. The number of carbonyl (C=O) groups excluding carboxylic acids is 1. The highest BCUT2D eigenvalue weighted by molar-refractivity contribution is 6.00. The number of ketones is 1. The molecule has 1 aromatic rings. The fourth-order valence-electron chi connectivity index (χ4n) is 2.17. The van der Waals surface area contributed by atoms with Gasteiger partial charge in [-0.05, 0) is 19.0 Å². The minimum Gasteiger partial charge on any atom is -0.367 e. The standard InChI is InChI=1S/C14H19NO2/c1-3-15-8-9-17-13(10-15)14(16)12-7-5-4-6-11(12)2/h4-7,13H,3,8-10H2,1-2H3. The molecular formula is C14H19NO2. The average molecular weight is 233 g/mol. The Kier molecular flexibility index (Phi) is 3.92. The molecule has 0 aliphatic carbocycles. The van der Waals surface area contributed by atoms with E-state index < -0.39 is 0 Å². The van der Waals surface area contributed by atoms with Crippen LogP contribution in [0.2, 0.25) is 0 Å². The number of likely N-dealkylation sites (N-methyl/N-ethyl adjacent to an activating group) is 1. The van der Waals surface area contributed by atoms with Crippen molar-refractivity contribution >= 4 is 5.78 Å². The average Bonchev–Trinajstić information content (AvgIpc) is 2.38. The summed E-state index contributed by atoms with van der Waals surface area (Å²) >= 11 is 0. The zero-order valence-electron chi connectivity index (χ0n) is 10.5. The van der Waals surface area contributed by atoms with Crippen LogP contribution in [0, 0.1) is 6.92 Å². The van der Waals surface area contributed by atoms with Gasteiger partial charge in [0.1, 0.15) is 6.10 Å². The fourth-order valence-corrected chi connectivity index (χ4v) is 2.17. The monoisotopic (exact) mass is 233 g/mol. The van der Waals surface area contributed by atoms with Gasteiger partial charge in [-0.25, -0.2) is 0 Å². The SMILES string of the molecule is CCN1CCOC(C(=O)c2ccccc2C)C1. The normalized spacial score (nSPS) is 21.4. The van der Waals surface area contributed by atoms with E-state index in [0.717, 1.165) is 24.2 Å². The lowest BCUT2D eigenvalue weighted by Crippen LogP contribution is -2.46. The van der Waals surface area contributed by atoms with Gasteiger partial charge in [0, 0.05) is 18.7 Å². The van der Waals surface area contributed by atoms with E-state index in [1.807, 2.05) is 31.2 Å². The molecule has 3 nitrogen and oxygen atoms in total. The number of aryl methyl sites for hydroxylation is 1. The molecule has 1 unspecified atom stereocenters. The third kappa shape index (κ3) is 2.73. The summed E-state index contributed by atoms with van der Waals surface area (Å²) in [5.74, 6) is 0.112. The Balaban J connectivity index is 2.12. The summed E-state index contributed by atoms with van der Waals surface area (Å²) in [7, 11) is 0. The molecule has 2 rings (SSSR count). The fraction of sp³-hybridized carbons (Fsp3) is 0.500. The molecule has 0 bridgehead atoms. The van der Waals surface area contributed by atoms with Crippen molar-refractivity contribution in [3.05, 3.63) is 35.4 Å². The number of morpholine rings is 1. The molecule has 0 aromatic heterocycles. The summed E-state index contributed by atoms with van der Waals surface area (Å²) in [6.45, 7) is 7.34. The Morgan fingerprint density at radius 1 is 1.47 bits per heavy atom. The van der Waals surface area contributed by atoms with E-state index in [2.05, 4.69) is 11.8 Å². The Labute approximate surface area is 102 Å². The van der Waals surface area contributed by atoms with E-state index in [-0.39, 0.29) is 11.9 Å². The zero-order chi connectivity index (χ0) is 12.3. The molecule has 1 aliphatic rings. The maximum Gasteiger partial charge on any atom is 0.193 e. The summed E-state index contributed by atoms with van der Waals surface area (Å²) in [6, 6.07) is 7.70. The first-order valence-corrected chi connectivity index (χ1v) is 6.16. The topological polar surface area (TPSA) is 29.5 Å². The van der Waals surface area contributed by atoms with Gasteiger partial charge in [0.2, 0.25) is 0 Å². The van der Waals surface area contributed by atoms with Crippen molar-refractivity contribution in [2.75, 3.05) is 26.2 Å². The van der Waals surface area contributed by atoms with E-state index in [4.69, 9.17) is 4.74 Å². The summed E-state index contributed by atoms with van der Waals surface area (Å²) < 4.78 is 5.59. The van der Waals surface area contributed by atoms with Crippen LogP contribution in [-0.2, 0) is 4.74 Å². The maximum atomic E-state index is 12.3. The van der Waals surface area contributed by atoms with Crippen molar-refractivity contribution in [1.29, 1.82) is 0 Å². The first-order chi connectivity index (χ1) is 8.22. The molecule has 17 heavy (non-hydrogen) atoms. The maximum absolute atomic E-state index is 12.3. The highest BCUT2D eigenvalue weighted by atomic mass is 16.5. The molecule has 1 saturated heterocycles. The lowest BCUT2D eigenvalue weighted by atomic mass is 10.0. The second-order valence-corrected chi connectivity index (χ2v) is 4.43. The van der Waals surface area contributed by atoms with E-state index in [1.165, 1.54) is 0 Å². The van der Waals surface area contributed by atoms with Crippen LogP contribution in [0.15, 0.2) is 24.3 Å². The van der Waals surface area contributed by atoms with Crippen LogP contribution >= 0.6 is 0 Å². The zero-order valence-corrected chi connectivity index (χ0v) is 10.5. The van der Waals surface area contributed by atoms with Crippen LogP contribution in [0.5, 0.6) is 0 Å². The Morgan fingerprint density at radius 3 is 2.94 bits per heavy atom. The largest absolute Gasteiger partial charge is 0.367 e. The summed E-state index contributed by atoms with van der Waals surface area (Å²) in [5, 5.41) is 0. The summed E-state index contributed by atoms with van der Waals surface area (Å²) in [5.41, 5.74) is 1.81. The van der Waals surface area contributed by atoms with Crippen LogP contribution in [0.25, 0.3) is 0 Å². The van der Waals surface area contributed by atoms with Crippen LogP contribution in [-0.4, -0.2) is 43.0 Å². The number of carbonyl (C=O) groups is 1. The number of Topliss-reactive ketones (excluding diaryl/α,β-unsaturated/α-hetero) is 1. The Hall–Kier alpha value is -1.19. The number of hydrogen-bond acceptors (Lipinski definition) is 3. The van der Waals surface area contributed by atoms with Crippen molar-refractivity contribution < 1.29 is 9.53 Å².